The van der Waals surface area contributed by atoms with Gasteiger partial charge in [-0.25, -0.2) is 0 Å². The molecule has 1 nitrogen and oxygen atoms in total. The molecule has 1 aromatic rings. The number of fused-ring (bicyclic) bond motifs is 1. The van der Waals surface area contributed by atoms with Crippen LogP contribution in [0.15, 0.2) is 18.2 Å². The van der Waals surface area contributed by atoms with Crippen molar-refractivity contribution in [2.75, 3.05) is 0 Å². The maximum atomic E-state index is 3.56. The molecule has 2 unspecified atom stereocenters. The van der Waals surface area contributed by atoms with Crippen molar-refractivity contribution in [3.63, 3.8) is 0 Å². The molecule has 13 heavy (non-hydrogen) atoms. The van der Waals surface area contributed by atoms with Gasteiger partial charge in [0.05, 0.1) is 4.05 Å². The zero-order valence-electron chi connectivity index (χ0n) is 7.35. The molecule has 0 aliphatic carbocycles. The molecule has 1 aromatic carbocycles. The Kier molecular flexibility index (Phi) is 3.14. The number of nitrogens with one attached hydrogen (secondary N) is 1. The lowest BCUT2D eigenvalue weighted by molar-refractivity contribution is 0.515. The summed E-state index contributed by atoms with van der Waals surface area (Å²) in [6.07, 6.45) is 1.16. The highest BCUT2D eigenvalue weighted by atomic mass is 127. The third-order valence-corrected chi connectivity index (χ3v) is 4.28. The van der Waals surface area contributed by atoms with Gasteiger partial charge in [0.25, 0.3) is 0 Å². The first-order valence-electron chi connectivity index (χ1n) is 4.36. The second kappa shape index (κ2) is 4.02. The summed E-state index contributed by atoms with van der Waals surface area (Å²) in [6, 6.07) is 7.19. The molecule has 0 spiro atoms. The second-order valence-electron chi connectivity index (χ2n) is 3.45. The molecule has 2 atom stereocenters. The van der Waals surface area contributed by atoms with Crippen LogP contribution < -0.4 is 5.32 Å². The van der Waals surface area contributed by atoms with E-state index in [1.165, 1.54) is 14.7 Å². The predicted molar refractivity (Wildman–Crippen MR) is 72.2 cm³/mol. The summed E-state index contributed by atoms with van der Waals surface area (Å²) in [4.78, 5) is 0. The van der Waals surface area contributed by atoms with Crippen molar-refractivity contribution < 1.29 is 0 Å². The van der Waals surface area contributed by atoms with E-state index in [9.17, 15) is 0 Å². The van der Waals surface area contributed by atoms with E-state index in [1.54, 1.807) is 0 Å². The molecule has 0 saturated heterocycles. The summed E-state index contributed by atoms with van der Waals surface area (Å²) in [5, 5.41) is 3.56. The van der Waals surface area contributed by atoms with Gasteiger partial charge in [-0.05, 0) is 53.1 Å². The van der Waals surface area contributed by atoms with Gasteiger partial charge in [0, 0.05) is 9.61 Å². The Morgan fingerprint density at radius 2 is 2.23 bits per heavy atom. The summed E-state index contributed by atoms with van der Waals surface area (Å²) in [6.45, 7) is 2.24. The topological polar surface area (TPSA) is 12.0 Å². The Balaban J connectivity index is 2.49. The molecular weight excluding hydrogens is 388 g/mol. The van der Waals surface area contributed by atoms with Crippen LogP contribution in [0.4, 0.5) is 0 Å². The summed E-state index contributed by atoms with van der Waals surface area (Å²) in [5.74, 6) is 0. The fraction of sp³-hybridized carbons (Fsp3) is 0.400. The molecule has 70 valence electrons. The van der Waals surface area contributed by atoms with E-state index in [2.05, 4.69) is 75.6 Å². The number of alkyl halides is 1. The lowest BCUT2D eigenvalue weighted by Crippen LogP contribution is -2.35. The summed E-state index contributed by atoms with van der Waals surface area (Å²) >= 11 is 4.89. The zero-order chi connectivity index (χ0) is 9.42. The summed E-state index contributed by atoms with van der Waals surface area (Å²) in [5.41, 5.74) is 3.00. The molecule has 1 heterocycles. The maximum absolute atomic E-state index is 3.56. The van der Waals surface area contributed by atoms with E-state index in [4.69, 9.17) is 0 Å². The van der Waals surface area contributed by atoms with E-state index in [1.807, 2.05) is 0 Å². The Labute approximate surface area is 106 Å². The van der Waals surface area contributed by atoms with Crippen LogP contribution in [0.1, 0.15) is 22.1 Å². The standard InChI is InChI=1S/C10H11I2N/c1-6-5-7-3-2-4-8(11)9(7)10(12)13-6/h2-4,6,10,13H,5H2,1H3. The van der Waals surface area contributed by atoms with Crippen LogP contribution in [0.5, 0.6) is 0 Å². The van der Waals surface area contributed by atoms with Crippen LogP contribution in [-0.2, 0) is 6.42 Å². The van der Waals surface area contributed by atoms with Gasteiger partial charge >= 0.3 is 0 Å². The van der Waals surface area contributed by atoms with Gasteiger partial charge in [-0.15, -0.1) is 0 Å². The molecule has 0 aromatic heterocycles. The van der Waals surface area contributed by atoms with Crippen molar-refractivity contribution in [2.45, 2.75) is 23.4 Å². The van der Waals surface area contributed by atoms with Gasteiger partial charge in [-0.1, -0.05) is 34.7 Å². The lowest BCUT2D eigenvalue weighted by Gasteiger charge is -2.28. The van der Waals surface area contributed by atoms with Crippen LogP contribution >= 0.6 is 45.2 Å². The van der Waals surface area contributed by atoms with E-state index in [0.29, 0.717) is 10.1 Å². The highest BCUT2D eigenvalue weighted by molar-refractivity contribution is 14.1. The quantitative estimate of drug-likeness (QED) is 0.402. The first-order chi connectivity index (χ1) is 6.18. The van der Waals surface area contributed by atoms with E-state index in [0.717, 1.165) is 6.42 Å². The molecule has 3 heteroatoms. The molecule has 2 rings (SSSR count). The minimum atomic E-state index is 0.476. The smallest absolute Gasteiger partial charge is 0.0864 e. The Morgan fingerprint density at radius 1 is 1.46 bits per heavy atom. The molecule has 0 saturated carbocycles. The molecule has 1 aliphatic rings. The van der Waals surface area contributed by atoms with Crippen molar-refractivity contribution in [3.05, 3.63) is 32.9 Å². The van der Waals surface area contributed by atoms with Crippen molar-refractivity contribution in [1.29, 1.82) is 0 Å². The Morgan fingerprint density at radius 3 is 3.00 bits per heavy atom. The number of halogens is 2. The first-order valence-corrected chi connectivity index (χ1v) is 6.68. The third kappa shape index (κ3) is 2.02. The van der Waals surface area contributed by atoms with E-state index >= 15 is 0 Å². The monoisotopic (exact) mass is 399 g/mol. The number of benzene rings is 1. The predicted octanol–water partition coefficient (Wildman–Crippen LogP) is 3.26. The van der Waals surface area contributed by atoms with Crippen molar-refractivity contribution in [1.82, 2.24) is 5.32 Å². The zero-order valence-corrected chi connectivity index (χ0v) is 11.7. The van der Waals surface area contributed by atoms with Crippen LogP contribution in [0.3, 0.4) is 0 Å². The van der Waals surface area contributed by atoms with Crippen molar-refractivity contribution in [3.8, 4) is 0 Å². The van der Waals surface area contributed by atoms with Crippen LogP contribution in [0.25, 0.3) is 0 Å². The Hall–Kier alpha value is 0.640. The minimum Gasteiger partial charge on any atom is -0.299 e. The van der Waals surface area contributed by atoms with Gasteiger partial charge in [0.2, 0.25) is 0 Å². The van der Waals surface area contributed by atoms with Gasteiger partial charge < -0.3 is 0 Å². The minimum absolute atomic E-state index is 0.476. The molecular formula is C10H11I2N. The van der Waals surface area contributed by atoms with E-state index in [-0.39, 0.29) is 0 Å². The first kappa shape index (κ1) is 10.2. The maximum Gasteiger partial charge on any atom is 0.0864 e. The third-order valence-electron chi connectivity index (χ3n) is 2.35. The number of hydrogen-bond acceptors (Lipinski definition) is 1. The van der Waals surface area contributed by atoms with Crippen LogP contribution in [0, 0.1) is 3.57 Å². The molecule has 1 aliphatic heterocycles. The molecule has 1 N–H and O–H groups in total. The molecule has 0 bridgehead atoms. The van der Waals surface area contributed by atoms with Crippen LogP contribution in [-0.4, -0.2) is 6.04 Å². The van der Waals surface area contributed by atoms with Gasteiger partial charge in [0.15, 0.2) is 0 Å². The fourth-order valence-electron chi connectivity index (χ4n) is 1.77. The fourth-order valence-corrected chi connectivity index (χ4v) is 4.58. The number of hydrogen-bond donors (Lipinski definition) is 1. The molecule has 0 amide bonds. The normalized spacial score (nSPS) is 27.0. The molecule has 0 radical (unpaired) electrons. The van der Waals surface area contributed by atoms with E-state index < -0.39 is 0 Å². The van der Waals surface area contributed by atoms with Crippen molar-refractivity contribution >= 4 is 45.2 Å². The summed E-state index contributed by atoms with van der Waals surface area (Å²) in [7, 11) is 0. The average Bonchev–Trinajstić information content (AvgIpc) is 2.02. The van der Waals surface area contributed by atoms with Gasteiger partial charge in [-0.2, -0.15) is 0 Å². The highest BCUT2D eigenvalue weighted by Gasteiger charge is 2.22. The van der Waals surface area contributed by atoms with Crippen LogP contribution in [0.2, 0.25) is 0 Å². The Bertz CT molecular complexity index is 325. The average molecular weight is 399 g/mol. The largest absolute Gasteiger partial charge is 0.299 e. The van der Waals surface area contributed by atoms with Gasteiger partial charge in [0.1, 0.15) is 0 Å². The highest BCUT2D eigenvalue weighted by Crippen LogP contribution is 2.33. The SMILES string of the molecule is CC1Cc2cccc(I)c2C(I)N1. The van der Waals surface area contributed by atoms with Gasteiger partial charge in [-0.3, -0.25) is 5.32 Å². The van der Waals surface area contributed by atoms with Crippen molar-refractivity contribution in [2.24, 2.45) is 0 Å². The summed E-state index contributed by atoms with van der Waals surface area (Å²) < 4.78 is 1.86. The molecule has 0 fully saturated rings. The number of rotatable bonds is 0. The second-order valence-corrected chi connectivity index (χ2v) is 5.85. The lowest BCUT2D eigenvalue weighted by atomic mass is 9.97.